The molecule has 5 aromatic rings. The number of benzene rings is 2. The first-order chi connectivity index (χ1) is 13.8. The minimum absolute atomic E-state index is 0.638. The zero-order valence-electron chi connectivity index (χ0n) is 15.5. The molecule has 0 unspecified atom stereocenters. The molecule has 0 atom stereocenters. The Labute approximate surface area is 161 Å². The molecule has 28 heavy (non-hydrogen) atoms. The molecule has 5 rings (SSSR count). The van der Waals surface area contributed by atoms with Crippen LogP contribution in [-0.4, -0.2) is 36.0 Å². The van der Waals surface area contributed by atoms with Gasteiger partial charge in [0.2, 0.25) is 0 Å². The van der Waals surface area contributed by atoms with Crippen molar-refractivity contribution in [3.63, 3.8) is 0 Å². The van der Waals surface area contributed by atoms with E-state index in [2.05, 4.69) is 40.9 Å². The van der Waals surface area contributed by atoms with E-state index in [4.69, 9.17) is 0 Å². The van der Waals surface area contributed by atoms with E-state index >= 15 is 0 Å². The molecule has 0 fully saturated rings. The van der Waals surface area contributed by atoms with Gasteiger partial charge in [-0.2, -0.15) is 0 Å². The Bertz CT molecular complexity index is 1290. The molecule has 0 amide bonds. The molecule has 0 radical (unpaired) electrons. The maximum atomic E-state index is 4.68. The van der Waals surface area contributed by atoms with Gasteiger partial charge in [0.15, 0.2) is 5.65 Å². The van der Waals surface area contributed by atoms with E-state index in [1.165, 1.54) is 0 Å². The molecule has 0 spiro atoms. The first-order valence-electron chi connectivity index (χ1n) is 9.27. The maximum Gasteiger partial charge on any atom is 0.182 e. The van der Waals surface area contributed by atoms with E-state index in [0.717, 1.165) is 45.8 Å². The van der Waals surface area contributed by atoms with E-state index < -0.39 is 0 Å². The number of para-hydroxylation sites is 4. The van der Waals surface area contributed by atoms with Crippen LogP contribution >= 0.6 is 0 Å². The van der Waals surface area contributed by atoms with E-state index in [-0.39, 0.29) is 0 Å². The molecule has 3 heterocycles. The first-order valence-corrected chi connectivity index (χ1v) is 9.27. The van der Waals surface area contributed by atoms with Crippen molar-refractivity contribution in [3.8, 4) is 0 Å². The molecule has 0 saturated heterocycles. The van der Waals surface area contributed by atoms with Gasteiger partial charge < -0.3 is 9.88 Å². The largest absolute Gasteiger partial charge is 0.330 e. The fourth-order valence-electron chi connectivity index (χ4n) is 3.33. The summed E-state index contributed by atoms with van der Waals surface area (Å²) in [6.45, 7) is 1.46. The van der Waals surface area contributed by atoms with Crippen molar-refractivity contribution in [2.45, 2.75) is 13.0 Å². The number of imidazole rings is 1. The first kappa shape index (κ1) is 16.7. The molecule has 2 aromatic carbocycles. The summed E-state index contributed by atoms with van der Waals surface area (Å²) in [7, 11) is 2.04. The van der Waals surface area contributed by atoms with Crippen LogP contribution in [-0.2, 0) is 20.0 Å². The summed E-state index contributed by atoms with van der Waals surface area (Å²) in [5, 5.41) is 3.43. The van der Waals surface area contributed by atoms with Gasteiger partial charge >= 0.3 is 0 Å². The van der Waals surface area contributed by atoms with Crippen LogP contribution in [0.4, 0.5) is 0 Å². The summed E-state index contributed by atoms with van der Waals surface area (Å²) in [6, 6.07) is 16.0. The van der Waals surface area contributed by atoms with Crippen LogP contribution < -0.4 is 5.32 Å². The van der Waals surface area contributed by atoms with Crippen molar-refractivity contribution in [3.05, 3.63) is 66.4 Å². The average Bonchev–Trinajstić information content (AvgIpc) is 3.05. The number of nitrogens with zero attached hydrogens (tertiary/aromatic N) is 6. The third kappa shape index (κ3) is 3.05. The Morgan fingerprint density at radius 2 is 1.57 bits per heavy atom. The zero-order valence-corrected chi connectivity index (χ0v) is 15.5. The van der Waals surface area contributed by atoms with Crippen molar-refractivity contribution in [1.82, 2.24) is 34.8 Å². The lowest BCUT2D eigenvalue weighted by atomic mass is 10.3. The van der Waals surface area contributed by atoms with Gasteiger partial charge in [0, 0.05) is 20.0 Å². The van der Waals surface area contributed by atoms with Crippen molar-refractivity contribution in [2.24, 2.45) is 7.05 Å². The van der Waals surface area contributed by atoms with Crippen molar-refractivity contribution in [1.29, 1.82) is 0 Å². The molecule has 138 valence electrons. The SMILES string of the molecule is Cn1c(CNCCc2ncc3nc4ccccc4nc3n2)nc2ccccc21. The second kappa shape index (κ2) is 6.94. The Hall–Kier alpha value is -3.45. The van der Waals surface area contributed by atoms with Crippen LogP contribution in [0, 0.1) is 0 Å². The molecule has 7 nitrogen and oxygen atoms in total. The third-order valence-corrected chi connectivity index (χ3v) is 4.84. The van der Waals surface area contributed by atoms with Gasteiger partial charge in [0.1, 0.15) is 17.2 Å². The number of fused-ring (bicyclic) bond motifs is 3. The lowest BCUT2D eigenvalue weighted by molar-refractivity contribution is 0.632. The minimum atomic E-state index is 0.638. The molecular weight excluding hydrogens is 350 g/mol. The second-order valence-corrected chi connectivity index (χ2v) is 6.71. The Morgan fingerprint density at radius 1 is 0.821 bits per heavy atom. The topological polar surface area (TPSA) is 81.4 Å². The molecular formula is C21H19N7. The number of hydrogen-bond donors (Lipinski definition) is 1. The predicted molar refractivity (Wildman–Crippen MR) is 109 cm³/mol. The van der Waals surface area contributed by atoms with Gasteiger partial charge in [-0.3, -0.25) is 0 Å². The normalized spacial score (nSPS) is 11.6. The Kier molecular flexibility index (Phi) is 4.14. The fraction of sp³-hybridized carbons (Fsp3) is 0.190. The molecule has 3 aromatic heterocycles. The van der Waals surface area contributed by atoms with Gasteiger partial charge in [-0.05, 0) is 24.3 Å². The van der Waals surface area contributed by atoms with E-state index in [1.54, 1.807) is 6.20 Å². The molecule has 0 saturated carbocycles. The Balaban J connectivity index is 1.27. The molecule has 0 aliphatic rings. The summed E-state index contributed by atoms with van der Waals surface area (Å²) >= 11 is 0. The van der Waals surface area contributed by atoms with Crippen LogP contribution in [0.25, 0.3) is 33.2 Å². The third-order valence-electron chi connectivity index (χ3n) is 4.84. The van der Waals surface area contributed by atoms with Gasteiger partial charge in [-0.15, -0.1) is 0 Å². The summed E-state index contributed by atoms with van der Waals surface area (Å²) in [5.74, 6) is 1.77. The fourth-order valence-corrected chi connectivity index (χ4v) is 3.33. The smallest absolute Gasteiger partial charge is 0.182 e. The second-order valence-electron chi connectivity index (χ2n) is 6.71. The van der Waals surface area contributed by atoms with Crippen LogP contribution in [0.1, 0.15) is 11.6 Å². The summed E-state index contributed by atoms with van der Waals surface area (Å²) in [5.41, 5.74) is 5.22. The standard InChI is InChI=1S/C21H19N7/c1-28-18-9-5-4-8-16(18)25-20(28)13-22-11-10-19-23-12-17-21(27-19)26-15-7-3-2-6-14(15)24-17/h2-9,12,22H,10-11,13H2,1H3. The highest BCUT2D eigenvalue weighted by Gasteiger charge is 2.08. The molecule has 1 N–H and O–H groups in total. The number of aromatic nitrogens is 6. The molecule has 7 heteroatoms. The predicted octanol–water partition coefficient (Wildman–Crippen LogP) is 2.79. The number of aryl methyl sites for hydroxylation is 1. The summed E-state index contributed by atoms with van der Waals surface area (Å²) in [4.78, 5) is 22.9. The van der Waals surface area contributed by atoms with E-state index in [0.29, 0.717) is 18.6 Å². The van der Waals surface area contributed by atoms with Gasteiger partial charge in [0.25, 0.3) is 0 Å². The number of hydrogen-bond acceptors (Lipinski definition) is 6. The average molecular weight is 369 g/mol. The molecule has 0 aliphatic carbocycles. The lowest BCUT2D eigenvalue weighted by Crippen LogP contribution is -2.20. The quantitative estimate of drug-likeness (QED) is 0.379. The number of nitrogens with one attached hydrogen (secondary N) is 1. The van der Waals surface area contributed by atoms with Gasteiger partial charge in [0.05, 0.1) is 34.8 Å². The van der Waals surface area contributed by atoms with Gasteiger partial charge in [-0.1, -0.05) is 24.3 Å². The van der Waals surface area contributed by atoms with Crippen molar-refractivity contribution in [2.75, 3.05) is 6.54 Å². The van der Waals surface area contributed by atoms with Crippen LogP contribution in [0.15, 0.2) is 54.7 Å². The minimum Gasteiger partial charge on any atom is -0.330 e. The number of rotatable bonds is 5. The highest BCUT2D eigenvalue weighted by molar-refractivity contribution is 5.83. The summed E-state index contributed by atoms with van der Waals surface area (Å²) in [6.07, 6.45) is 2.47. The van der Waals surface area contributed by atoms with Crippen LogP contribution in [0.5, 0.6) is 0 Å². The Morgan fingerprint density at radius 3 is 2.39 bits per heavy atom. The van der Waals surface area contributed by atoms with Crippen LogP contribution in [0.3, 0.4) is 0 Å². The highest BCUT2D eigenvalue weighted by atomic mass is 15.1. The monoisotopic (exact) mass is 369 g/mol. The highest BCUT2D eigenvalue weighted by Crippen LogP contribution is 2.15. The van der Waals surface area contributed by atoms with E-state index in [1.807, 2.05) is 49.5 Å². The van der Waals surface area contributed by atoms with Crippen molar-refractivity contribution >= 4 is 33.2 Å². The zero-order chi connectivity index (χ0) is 18.9. The lowest BCUT2D eigenvalue weighted by Gasteiger charge is -2.06. The van der Waals surface area contributed by atoms with Gasteiger partial charge in [-0.25, -0.2) is 24.9 Å². The molecule has 0 aliphatic heterocycles. The van der Waals surface area contributed by atoms with E-state index in [9.17, 15) is 0 Å². The van der Waals surface area contributed by atoms with Crippen molar-refractivity contribution < 1.29 is 0 Å². The maximum absolute atomic E-state index is 4.68. The van der Waals surface area contributed by atoms with Crippen LogP contribution in [0.2, 0.25) is 0 Å². The summed E-state index contributed by atoms with van der Waals surface area (Å²) < 4.78 is 2.12. The molecule has 0 bridgehead atoms.